The normalized spacial score (nSPS) is 10.9. The van der Waals surface area contributed by atoms with Crippen molar-refractivity contribution in [2.45, 2.75) is 6.92 Å². The van der Waals surface area contributed by atoms with Gasteiger partial charge in [0.25, 0.3) is 5.91 Å². The molecule has 1 amide bonds. The van der Waals surface area contributed by atoms with E-state index in [1.54, 1.807) is 36.9 Å². The third-order valence-corrected chi connectivity index (χ3v) is 5.94. The van der Waals surface area contributed by atoms with E-state index in [-0.39, 0.29) is 19.1 Å². The fraction of sp³-hybridized carbons (Fsp3) is 0.214. The zero-order chi connectivity index (χ0) is 26.5. The molecule has 0 fully saturated rings. The molecule has 0 spiro atoms. The predicted octanol–water partition coefficient (Wildman–Crippen LogP) is 4.17. The molecule has 3 aromatic carbocycles. The van der Waals surface area contributed by atoms with Crippen LogP contribution in [0.5, 0.6) is 23.1 Å². The summed E-state index contributed by atoms with van der Waals surface area (Å²) in [6, 6.07) is 20.4. The number of rotatable bonds is 10. The minimum Gasteiger partial charge on any atom is -0.493 e. The van der Waals surface area contributed by atoms with E-state index in [2.05, 4.69) is 20.6 Å². The Hall–Kier alpha value is -4.86. The molecule has 38 heavy (non-hydrogen) atoms. The number of carbonyl (C=O) groups excluding carboxylic acids is 1. The third kappa shape index (κ3) is 4.88. The van der Waals surface area contributed by atoms with E-state index in [1.165, 1.54) is 0 Å². The van der Waals surface area contributed by atoms with E-state index < -0.39 is 0 Å². The summed E-state index contributed by atoms with van der Waals surface area (Å²) >= 11 is 0. The summed E-state index contributed by atoms with van der Waals surface area (Å²) in [6.07, 6.45) is 0. The Morgan fingerprint density at radius 3 is 2.53 bits per heavy atom. The van der Waals surface area contributed by atoms with Crippen LogP contribution in [0.2, 0.25) is 0 Å². The van der Waals surface area contributed by atoms with E-state index >= 15 is 0 Å². The van der Waals surface area contributed by atoms with Crippen LogP contribution in [0.25, 0.3) is 27.8 Å². The van der Waals surface area contributed by atoms with Crippen molar-refractivity contribution in [3.05, 3.63) is 72.3 Å². The van der Waals surface area contributed by atoms with Crippen LogP contribution in [-0.2, 0) is 0 Å². The number of amides is 1. The number of ether oxygens (including phenoxy) is 4. The molecule has 0 aliphatic carbocycles. The number of hydrogen-bond acceptors (Lipinski definition) is 8. The van der Waals surface area contributed by atoms with Gasteiger partial charge in [-0.05, 0) is 48.0 Å². The van der Waals surface area contributed by atoms with Gasteiger partial charge in [0.1, 0.15) is 12.4 Å². The summed E-state index contributed by atoms with van der Waals surface area (Å²) in [7, 11) is 3.15. The van der Waals surface area contributed by atoms with E-state index in [0.717, 1.165) is 16.3 Å². The van der Waals surface area contributed by atoms with Crippen molar-refractivity contribution < 1.29 is 23.7 Å². The summed E-state index contributed by atoms with van der Waals surface area (Å²) in [5, 5.41) is 17.7. The number of methoxy groups -OCH3 is 2. The second-order valence-electron chi connectivity index (χ2n) is 8.23. The van der Waals surface area contributed by atoms with E-state index in [0.29, 0.717) is 46.8 Å². The van der Waals surface area contributed by atoms with Crippen molar-refractivity contribution in [2.24, 2.45) is 0 Å². The summed E-state index contributed by atoms with van der Waals surface area (Å²) in [5.41, 5.74) is 1.83. The highest BCUT2D eigenvalue weighted by atomic mass is 16.5. The second-order valence-corrected chi connectivity index (χ2v) is 8.23. The Bertz CT molecular complexity index is 1600. The highest BCUT2D eigenvalue weighted by Crippen LogP contribution is 2.32. The van der Waals surface area contributed by atoms with Crippen LogP contribution in [0.4, 0.5) is 0 Å². The van der Waals surface area contributed by atoms with Crippen molar-refractivity contribution in [3.8, 4) is 34.5 Å². The molecule has 2 aromatic heterocycles. The number of fused-ring (bicyclic) bond motifs is 2. The Balaban J connectivity index is 1.29. The highest BCUT2D eigenvalue weighted by molar-refractivity contribution is 6.09. The van der Waals surface area contributed by atoms with Gasteiger partial charge < -0.3 is 24.3 Å². The van der Waals surface area contributed by atoms with Gasteiger partial charge in [-0.25, -0.2) is 0 Å². The smallest absolute Gasteiger partial charge is 0.255 e. The van der Waals surface area contributed by atoms with Crippen molar-refractivity contribution in [1.29, 1.82) is 0 Å². The molecule has 0 saturated carbocycles. The molecular weight excluding hydrogens is 486 g/mol. The lowest BCUT2D eigenvalue weighted by atomic mass is 10.0. The van der Waals surface area contributed by atoms with Gasteiger partial charge in [-0.3, -0.25) is 4.79 Å². The standard InChI is InChI=1S/C28H27N5O5/c1-4-37-22-12-9-18-7-5-6-8-20(18)26(22)28(34)29-15-16-38-25-14-13-24-30-31-27(33(24)32-25)19-10-11-21(35-2)23(17-19)36-3/h5-14,17H,4,15-16H2,1-3H3,(H,29,34). The van der Waals surface area contributed by atoms with Crippen LogP contribution in [0, 0.1) is 0 Å². The van der Waals surface area contributed by atoms with Gasteiger partial charge >= 0.3 is 0 Å². The maximum Gasteiger partial charge on any atom is 0.255 e. The average molecular weight is 514 g/mol. The minimum atomic E-state index is -0.230. The van der Waals surface area contributed by atoms with Gasteiger partial charge in [-0.1, -0.05) is 30.3 Å². The van der Waals surface area contributed by atoms with Crippen molar-refractivity contribution in [1.82, 2.24) is 25.1 Å². The monoisotopic (exact) mass is 513 g/mol. The minimum absolute atomic E-state index is 0.215. The molecule has 10 nitrogen and oxygen atoms in total. The molecule has 0 aliphatic rings. The largest absolute Gasteiger partial charge is 0.493 e. The second kappa shape index (κ2) is 11.0. The first-order chi connectivity index (χ1) is 18.6. The van der Waals surface area contributed by atoms with Gasteiger partial charge in [0.05, 0.1) is 32.9 Å². The lowest BCUT2D eigenvalue weighted by Gasteiger charge is -2.14. The van der Waals surface area contributed by atoms with Crippen molar-refractivity contribution in [2.75, 3.05) is 34.0 Å². The number of nitrogens with one attached hydrogen (secondary N) is 1. The van der Waals surface area contributed by atoms with Gasteiger partial charge in [0.2, 0.25) is 5.88 Å². The highest BCUT2D eigenvalue weighted by Gasteiger charge is 2.17. The summed E-state index contributed by atoms with van der Waals surface area (Å²) in [4.78, 5) is 13.1. The van der Waals surface area contributed by atoms with Gasteiger partial charge in [-0.2, -0.15) is 4.52 Å². The van der Waals surface area contributed by atoms with Gasteiger partial charge in [0.15, 0.2) is 23.0 Å². The first-order valence-electron chi connectivity index (χ1n) is 12.1. The van der Waals surface area contributed by atoms with E-state index in [4.69, 9.17) is 18.9 Å². The van der Waals surface area contributed by atoms with Crippen LogP contribution < -0.4 is 24.3 Å². The van der Waals surface area contributed by atoms with Crippen LogP contribution in [0.3, 0.4) is 0 Å². The Morgan fingerprint density at radius 1 is 0.895 bits per heavy atom. The fourth-order valence-electron chi connectivity index (χ4n) is 4.17. The molecule has 5 rings (SSSR count). The summed E-state index contributed by atoms with van der Waals surface area (Å²) in [5.74, 6) is 2.40. The fourth-order valence-corrected chi connectivity index (χ4v) is 4.17. The lowest BCUT2D eigenvalue weighted by molar-refractivity contribution is 0.0944. The number of benzene rings is 3. The Kier molecular flexibility index (Phi) is 7.21. The number of carbonyl (C=O) groups is 1. The molecular formula is C28H27N5O5. The number of hydrogen-bond donors (Lipinski definition) is 1. The summed E-state index contributed by atoms with van der Waals surface area (Å²) < 4.78 is 23.9. The first-order valence-corrected chi connectivity index (χ1v) is 12.1. The van der Waals surface area contributed by atoms with Crippen molar-refractivity contribution in [3.63, 3.8) is 0 Å². The van der Waals surface area contributed by atoms with E-state index in [1.807, 2.05) is 55.5 Å². The maximum absolute atomic E-state index is 13.1. The topological polar surface area (TPSA) is 109 Å². The van der Waals surface area contributed by atoms with Gasteiger partial charge in [-0.15, -0.1) is 15.3 Å². The van der Waals surface area contributed by atoms with Crippen LogP contribution in [-0.4, -0.2) is 59.7 Å². The SMILES string of the molecule is CCOc1ccc2ccccc2c1C(=O)NCCOc1ccc2nnc(-c3ccc(OC)c(OC)c3)n2n1. The zero-order valence-electron chi connectivity index (χ0n) is 21.3. The average Bonchev–Trinajstić information content (AvgIpc) is 3.38. The molecule has 1 N–H and O–H groups in total. The Labute approximate surface area is 219 Å². The summed E-state index contributed by atoms with van der Waals surface area (Å²) in [6.45, 7) is 2.84. The van der Waals surface area contributed by atoms with Crippen LogP contribution >= 0.6 is 0 Å². The number of aromatic nitrogens is 4. The Morgan fingerprint density at radius 2 is 1.71 bits per heavy atom. The molecule has 0 bridgehead atoms. The van der Waals surface area contributed by atoms with Crippen molar-refractivity contribution >= 4 is 22.3 Å². The molecule has 194 valence electrons. The molecule has 10 heteroatoms. The predicted molar refractivity (Wildman–Crippen MR) is 142 cm³/mol. The van der Waals surface area contributed by atoms with E-state index in [9.17, 15) is 4.79 Å². The van der Waals surface area contributed by atoms with Crippen LogP contribution in [0.1, 0.15) is 17.3 Å². The maximum atomic E-state index is 13.1. The quantitative estimate of drug-likeness (QED) is 0.277. The molecule has 0 atom stereocenters. The lowest BCUT2D eigenvalue weighted by Crippen LogP contribution is -2.29. The first kappa shape index (κ1) is 24.8. The van der Waals surface area contributed by atoms with Crippen LogP contribution in [0.15, 0.2) is 66.7 Å². The zero-order valence-corrected chi connectivity index (χ0v) is 21.3. The third-order valence-electron chi connectivity index (χ3n) is 5.94. The number of nitrogens with zero attached hydrogens (tertiary/aromatic N) is 4. The molecule has 0 unspecified atom stereocenters. The molecule has 0 radical (unpaired) electrons. The molecule has 2 heterocycles. The van der Waals surface area contributed by atoms with Gasteiger partial charge in [0, 0.05) is 11.6 Å². The molecule has 0 saturated heterocycles. The molecule has 0 aliphatic heterocycles. The molecule has 5 aromatic rings.